The lowest BCUT2D eigenvalue weighted by Crippen LogP contribution is -2.25. The van der Waals surface area contributed by atoms with Crippen molar-refractivity contribution in [2.75, 3.05) is 12.4 Å². The van der Waals surface area contributed by atoms with Gasteiger partial charge < -0.3 is 14.6 Å². The highest BCUT2D eigenvalue weighted by atomic mass is 31.2. The highest BCUT2D eigenvalue weighted by Crippen LogP contribution is 2.55. The third kappa shape index (κ3) is 7.89. The topological polar surface area (TPSA) is 127 Å². The molecule has 4 aromatic heterocycles. The van der Waals surface area contributed by atoms with Crippen molar-refractivity contribution in [2.45, 2.75) is 59.5 Å². The number of nitrogens with one attached hydrogen (secondary N) is 1. The minimum atomic E-state index is -3.99. The van der Waals surface area contributed by atoms with E-state index in [2.05, 4.69) is 21.9 Å². The fraction of sp³-hybridized carbons (Fsp3) is 0.333. The van der Waals surface area contributed by atoms with Gasteiger partial charge in [0.2, 0.25) is 11.8 Å². The summed E-state index contributed by atoms with van der Waals surface area (Å²) in [6.07, 6.45) is 9.64. The summed E-state index contributed by atoms with van der Waals surface area (Å²) in [5, 5.41) is 3.51. The van der Waals surface area contributed by atoms with E-state index in [9.17, 15) is 9.36 Å². The lowest BCUT2D eigenvalue weighted by molar-refractivity contribution is -0.111. The summed E-state index contributed by atoms with van der Waals surface area (Å²) >= 11 is 0. The average Bonchev–Trinajstić information content (AvgIpc) is 3.28. The summed E-state index contributed by atoms with van der Waals surface area (Å²) in [7, 11) is -2.44. The number of amides is 1. The number of fused-ring (bicyclic) bond motifs is 1. The molecule has 0 saturated heterocycles. The Labute approximate surface area is 245 Å². The van der Waals surface area contributed by atoms with Gasteiger partial charge in [-0.1, -0.05) is 6.58 Å². The van der Waals surface area contributed by atoms with Gasteiger partial charge in [0.05, 0.1) is 30.2 Å². The first-order chi connectivity index (χ1) is 19.7. The van der Waals surface area contributed by atoms with Gasteiger partial charge in [0.15, 0.2) is 0 Å². The van der Waals surface area contributed by atoms with Crippen molar-refractivity contribution in [2.24, 2.45) is 0 Å². The monoisotopic (exact) mass is 593 g/mol. The molecule has 222 valence electrons. The van der Waals surface area contributed by atoms with Gasteiger partial charge in [-0.25, -0.2) is 14.5 Å². The molecule has 0 aliphatic rings. The van der Waals surface area contributed by atoms with E-state index in [4.69, 9.17) is 23.3 Å². The van der Waals surface area contributed by atoms with Crippen LogP contribution in [0.5, 0.6) is 5.88 Å². The normalized spacial score (nSPS) is 12.4. The number of ether oxygens (including phenoxy) is 1. The van der Waals surface area contributed by atoms with E-state index < -0.39 is 19.0 Å². The molecule has 0 aliphatic heterocycles. The predicted octanol–water partition coefficient (Wildman–Crippen LogP) is 7.01. The fourth-order valence-electron chi connectivity index (χ4n) is 4.08. The first kappa shape index (κ1) is 31.1. The van der Waals surface area contributed by atoms with Gasteiger partial charge in [0, 0.05) is 52.9 Å². The number of carbonyl (C=O) groups is 1. The largest absolute Gasteiger partial charge is 0.481 e. The zero-order valence-electron chi connectivity index (χ0n) is 24.9. The molecule has 0 aliphatic carbocycles. The van der Waals surface area contributed by atoms with Crippen LogP contribution in [-0.4, -0.2) is 43.7 Å². The number of pyridine rings is 3. The van der Waals surface area contributed by atoms with E-state index in [1.165, 1.54) is 6.08 Å². The van der Waals surface area contributed by atoms with Crippen LogP contribution in [0.3, 0.4) is 0 Å². The number of methoxy groups -OCH3 is 1. The van der Waals surface area contributed by atoms with Gasteiger partial charge in [-0.3, -0.25) is 23.3 Å². The van der Waals surface area contributed by atoms with Gasteiger partial charge in [-0.15, -0.1) is 0 Å². The minimum absolute atomic E-state index is 0.154. The maximum Gasteiger partial charge on any atom is 0.477 e. The summed E-state index contributed by atoms with van der Waals surface area (Å²) in [4.78, 5) is 25.0. The Bertz CT molecular complexity index is 1630. The molecule has 4 rings (SSSR count). The van der Waals surface area contributed by atoms with Crippen molar-refractivity contribution in [1.82, 2.24) is 19.5 Å². The number of rotatable bonds is 10. The smallest absolute Gasteiger partial charge is 0.477 e. The number of hydrogen-bond donors (Lipinski definition) is 1. The van der Waals surface area contributed by atoms with Gasteiger partial charge >= 0.3 is 7.82 Å². The molecule has 0 aromatic carbocycles. The van der Waals surface area contributed by atoms with Crippen LogP contribution in [-0.2, 0) is 29.7 Å². The molecule has 0 unspecified atom stereocenters. The SMILES string of the molecule is C=CC(=O)Nc1cncc(-c2cnc3c(c2)c(-c2ccnc(OC)c2)cn3COP(=O)(OC(C)(C)C)OC(C)(C)C)c1. The second-order valence-corrected chi connectivity index (χ2v) is 13.0. The summed E-state index contributed by atoms with van der Waals surface area (Å²) < 4.78 is 38.3. The van der Waals surface area contributed by atoms with Crippen LogP contribution in [0.1, 0.15) is 41.5 Å². The van der Waals surface area contributed by atoms with Crippen molar-refractivity contribution >= 4 is 30.5 Å². The van der Waals surface area contributed by atoms with Gasteiger partial charge in [-0.2, -0.15) is 0 Å². The lowest BCUT2D eigenvalue weighted by atomic mass is 10.0. The van der Waals surface area contributed by atoms with Crippen LogP contribution in [0.25, 0.3) is 33.3 Å². The minimum Gasteiger partial charge on any atom is -0.481 e. The molecule has 0 saturated carbocycles. The molecule has 1 N–H and O–H groups in total. The number of phosphoric acid groups is 1. The molecule has 0 atom stereocenters. The maximum absolute atomic E-state index is 13.7. The van der Waals surface area contributed by atoms with Gasteiger partial charge in [0.1, 0.15) is 12.4 Å². The second-order valence-electron chi connectivity index (χ2n) is 11.5. The fourth-order valence-corrected chi connectivity index (χ4v) is 5.83. The first-order valence-corrected chi connectivity index (χ1v) is 14.7. The molecule has 1 amide bonds. The Balaban J connectivity index is 1.79. The molecule has 0 radical (unpaired) electrons. The standard InChI is InChI=1S/C30H36N5O6P/c1-9-26(36)34-23-12-21(15-31-17-23)22-13-24-25(20-10-11-32-27(14-20)38-8)18-35(28(24)33-16-22)19-39-42(37,40-29(2,3)4)41-30(5,6)7/h9-18H,1,19H2,2-8H3,(H,34,36). The van der Waals surface area contributed by atoms with Gasteiger partial charge in [0.25, 0.3) is 0 Å². The quantitative estimate of drug-likeness (QED) is 0.153. The molecule has 0 bridgehead atoms. The molecule has 42 heavy (non-hydrogen) atoms. The van der Waals surface area contributed by atoms with Crippen LogP contribution in [0.4, 0.5) is 5.69 Å². The van der Waals surface area contributed by atoms with E-state index in [0.29, 0.717) is 17.2 Å². The third-order valence-electron chi connectivity index (χ3n) is 5.62. The van der Waals surface area contributed by atoms with E-state index >= 15 is 0 Å². The van der Waals surface area contributed by atoms with Crippen LogP contribution in [0.15, 0.2) is 67.9 Å². The number of phosphoric ester groups is 1. The Hall–Kier alpha value is -3.89. The summed E-state index contributed by atoms with van der Waals surface area (Å²) in [5.74, 6) is 0.113. The van der Waals surface area contributed by atoms with Gasteiger partial charge in [-0.05, 0) is 71.4 Å². The molecular weight excluding hydrogens is 557 g/mol. The Morgan fingerprint density at radius 2 is 1.69 bits per heavy atom. The number of anilines is 1. The molecule has 4 heterocycles. The Kier molecular flexibility index (Phi) is 8.98. The number of hydrogen-bond acceptors (Lipinski definition) is 9. The number of nitrogens with zero attached hydrogens (tertiary/aromatic N) is 4. The summed E-state index contributed by atoms with van der Waals surface area (Å²) in [5.41, 5.74) is 2.70. The van der Waals surface area contributed by atoms with Crippen molar-refractivity contribution in [3.63, 3.8) is 0 Å². The lowest BCUT2D eigenvalue weighted by Gasteiger charge is -2.30. The highest BCUT2D eigenvalue weighted by Gasteiger charge is 2.37. The first-order valence-electron chi connectivity index (χ1n) is 13.2. The van der Waals surface area contributed by atoms with E-state index in [0.717, 1.165) is 27.6 Å². The molecule has 0 fully saturated rings. The van der Waals surface area contributed by atoms with Crippen molar-refractivity contribution in [3.05, 3.63) is 67.9 Å². The molecule has 4 aromatic rings. The number of aromatic nitrogens is 4. The van der Waals surface area contributed by atoms with Crippen molar-refractivity contribution in [1.29, 1.82) is 0 Å². The molecule has 11 nitrogen and oxygen atoms in total. The van der Waals surface area contributed by atoms with Crippen LogP contribution < -0.4 is 10.1 Å². The Morgan fingerprint density at radius 3 is 2.33 bits per heavy atom. The van der Waals surface area contributed by atoms with Crippen LogP contribution in [0.2, 0.25) is 0 Å². The molecule has 0 spiro atoms. The maximum atomic E-state index is 13.7. The molecular formula is C30H36N5O6P. The van der Waals surface area contributed by atoms with Crippen molar-refractivity contribution < 1.29 is 27.7 Å². The number of carbonyl (C=O) groups excluding carboxylic acids is 1. The average molecular weight is 594 g/mol. The second kappa shape index (κ2) is 12.1. The zero-order valence-corrected chi connectivity index (χ0v) is 25.8. The van der Waals surface area contributed by atoms with E-state index in [1.807, 2.05) is 24.4 Å². The van der Waals surface area contributed by atoms with E-state index in [1.54, 1.807) is 84.1 Å². The van der Waals surface area contributed by atoms with Crippen molar-refractivity contribution in [3.8, 4) is 28.1 Å². The van der Waals surface area contributed by atoms with E-state index in [-0.39, 0.29) is 12.6 Å². The summed E-state index contributed by atoms with van der Waals surface area (Å²) in [6.45, 7) is 14.0. The van der Waals surface area contributed by atoms with Crippen LogP contribution in [0, 0.1) is 0 Å². The zero-order chi connectivity index (χ0) is 30.7. The Morgan fingerprint density at radius 1 is 1.00 bits per heavy atom. The molecule has 12 heteroatoms. The van der Waals surface area contributed by atoms with Crippen LogP contribution >= 0.6 is 7.82 Å². The highest BCUT2D eigenvalue weighted by molar-refractivity contribution is 7.48. The third-order valence-corrected chi connectivity index (χ3v) is 7.59. The predicted molar refractivity (Wildman–Crippen MR) is 162 cm³/mol. The summed E-state index contributed by atoms with van der Waals surface area (Å²) in [6, 6.07) is 7.44.